The van der Waals surface area contributed by atoms with E-state index < -0.39 is 8.07 Å². The van der Waals surface area contributed by atoms with E-state index in [4.69, 9.17) is 14.4 Å². The zero-order chi connectivity index (χ0) is 45.5. The summed E-state index contributed by atoms with van der Waals surface area (Å²) in [5, 5.41) is 2.51. The van der Waals surface area contributed by atoms with E-state index in [2.05, 4.69) is 198 Å². The molecule has 0 amide bonds. The largest absolute Gasteiger partial charge is 0.513 e. The van der Waals surface area contributed by atoms with Gasteiger partial charge >= 0.3 is 0 Å². The van der Waals surface area contributed by atoms with Crippen molar-refractivity contribution in [1.82, 2.24) is 19.5 Å². The minimum absolute atomic E-state index is 0. The minimum Gasteiger partial charge on any atom is -0.513 e. The number of hydrogen-bond acceptors (Lipinski definition) is 4. The van der Waals surface area contributed by atoms with Crippen LogP contribution >= 0.6 is 0 Å². The molecule has 0 aliphatic heterocycles. The smallest absolute Gasteiger partial charge is 0.119 e. The molecule has 0 N–H and O–H groups in total. The van der Waals surface area contributed by atoms with Crippen LogP contribution in [0.4, 0.5) is 0 Å². The third-order valence-electron chi connectivity index (χ3n) is 12.0. The molecule has 4 aromatic heterocycles. The zero-order valence-corrected chi connectivity index (χ0v) is 42.7. The summed E-state index contributed by atoms with van der Waals surface area (Å²) in [6.45, 7) is 20.6. The summed E-state index contributed by atoms with van der Waals surface area (Å²) in [6.07, 6.45) is 3.24. The van der Waals surface area contributed by atoms with Gasteiger partial charge in [0.2, 0.25) is 0 Å². The van der Waals surface area contributed by atoms with Gasteiger partial charge in [0.25, 0.3) is 0 Å². The van der Waals surface area contributed by atoms with E-state index in [1.54, 1.807) is 0 Å². The van der Waals surface area contributed by atoms with Gasteiger partial charge in [-0.15, -0.1) is 48.0 Å². The van der Waals surface area contributed by atoms with Gasteiger partial charge in [0.05, 0.1) is 41.7 Å². The number of furan rings is 1. The standard InChI is InChI=1S/C41H32N3O.C18H24NSi.Ir/c1-26-14-13-21-35-37(26)38-36(45-35)23-22-33(42-38)40-43-32-19-11-12-20-34(32)44(40)39-30(27-15-7-5-8-16-27)24-29(41(2,3)4)25-31(39)28-17-9-6-10-18-28;1-14(2)11-16-12-17(15-9-7-6-8-10-15)19-13-18(16)20(3,4)5;/h5-21,23-25H,1-4H3;6-9,12-14H,11H2,1-5H3;/q2*-1;. The van der Waals surface area contributed by atoms with Crippen LogP contribution in [0.3, 0.4) is 0 Å². The Bertz CT molecular complexity index is 3230. The number of fused-ring (bicyclic) bond motifs is 4. The van der Waals surface area contributed by atoms with Crippen LogP contribution in [0.2, 0.25) is 19.6 Å². The fourth-order valence-electron chi connectivity index (χ4n) is 8.80. The van der Waals surface area contributed by atoms with Gasteiger partial charge in [0.1, 0.15) is 5.58 Å². The summed E-state index contributed by atoms with van der Waals surface area (Å²) >= 11 is 0. The molecule has 0 aliphatic rings. The maximum absolute atomic E-state index is 6.18. The van der Waals surface area contributed by atoms with E-state index in [9.17, 15) is 0 Å². The average Bonchev–Trinajstić information content (AvgIpc) is 3.88. The van der Waals surface area contributed by atoms with Crippen molar-refractivity contribution in [3.05, 3.63) is 187 Å². The van der Waals surface area contributed by atoms with Gasteiger partial charge in [0, 0.05) is 42.8 Å². The van der Waals surface area contributed by atoms with Crippen LogP contribution in [0.15, 0.2) is 162 Å². The normalized spacial score (nSPS) is 11.8. The number of para-hydroxylation sites is 2. The van der Waals surface area contributed by atoms with Gasteiger partial charge in [-0.2, -0.15) is 0 Å². The van der Waals surface area contributed by atoms with Gasteiger partial charge < -0.3 is 14.0 Å². The monoisotopic (exact) mass is 1060 g/mol. The van der Waals surface area contributed by atoms with Crippen molar-refractivity contribution >= 4 is 46.4 Å². The first-order valence-corrected chi connectivity index (χ1v) is 26.2. The Labute approximate surface area is 404 Å². The number of aromatic nitrogens is 4. The van der Waals surface area contributed by atoms with E-state index >= 15 is 0 Å². The topological polar surface area (TPSA) is 56.7 Å². The second kappa shape index (κ2) is 18.9. The van der Waals surface area contributed by atoms with Crippen LogP contribution < -0.4 is 5.19 Å². The number of pyridine rings is 2. The molecule has 0 spiro atoms. The quantitative estimate of drug-likeness (QED) is 0.112. The van der Waals surface area contributed by atoms with Crippen LogP contribution in [0, 0.1) is 25.0 Å². The molecular formula is C59H56IrN4OSi-2. The molecule has 10 rings (SSSR count). The number of aryl methyl sites for hydroxylation is 1. The maximum Gasteiger partial charge on any atom is 0.119 e. The van der Waals surface area contributed by atoms with Gasteiger partial charge in [-0.05, 0) is 93.8 Å². The van der Waals surface area contributed by atoms with Crippen LogP contribution in [-0.2, 0) is 31.9 Å². The molecule has 7 heteroatoms. The molecule has 4 heterocycles. The Kier molecular flexibility index (Phi) is 13.3. The molecule has 66 heavy (non-hydrogen) atoms. The number of rotatable bonds is 8. The summed E-state index contributed by atoms with van der Waals surface area (Å²) < 4.78 is 8.46. The number of nitrogens with zero attached hydrogens (tertiary/aromatic N) is 4. The van der Waals surface area contributed by atoms with Crippen LogP contribution in [0.5, 0.6) is 0 Å². The minimum atomic E-state index is -1.34. The van der Waals surface area contributed by atoms with Crippen molar-refractivity contribution in [1.29, 1.82) is 0 Å². The Balaban J connectivity index is 0.000000238. The van der Waals surface area contributed by atoms with Crippen LogP contribution in [-0.4, -0.2) is 27.6 Å². The van der Waals surface area contributed by atoms with Crippen molar-refractivity contribution in [2.24, 2.45) is 5.92 Å². The van der Waals surface area contributed by atoms with Gasteiger partial charge in [-0.3, -0.25) is 9.97 Å². The van der Waals surface area contributed by atoms with Crippen LogP contribution in [0.25, 0.3) is 83.8 Å². The average molecular weight is 1060 g/mol. The number of imidazole rings is 1. The molecule has 0 fully saturated rings. The third-order valence-corrected chi connectivity index (χ3v) is 14.1. The Morgan fingerprint density at radius 2 is 1.36 bits per heavy atom. The van der Waals surface area contributed by atoms with E-state index in [1.807, 2.05) is 42.5 Å². The van der Waals surface area contributed by atoms with E-state index in [1.165, 1.54) is 16.3 Å². The fourth-order valence-corrected chi connectivity index (χ4v) is 10.4. The summed E-state index contributed by atoms with van der Waals surface area (Å²) in [7, 11) is -1.34. The molecule has 1 radical (unpaired) electrons. The number of hydrogen-bond donors (Lipinski definition) is 0. The molecule has 6 aromatic carbocycles. The molecule has 10 aromatic rings. The Morgan fingerprint density at radius 3 is 1.98 bits per heavy atom. The van der Waals surface area contributed by atoms with Crippen molar-refractivity contribution in [3.8, 4) is 50.7 Å². The summed E-state index contributed by atoms with van der Waals surface area (Å²) in [5.41, 5.74) is 16.5. The second-order valence-corrected chi connectivity index (χ2v) is 24.6. The second-order valence-electron chi connectivity index (χ2n) is 19.5. The predicted molar refractivity (Wildman–Crippen MR) is 275 cm³/mol. The summed E-state index contributed by atoms with van der Waals surface area (Å²) in [6, 6.07) is 59.4. The van der Waals surface area contributed by atoms with Crippen molar-refractivity contribution in [2.75, 3.05) is 0 Å². The van der Waals surface area contributed by atoms with E-state index in [-0.39, 0.29) is 25.5 Å². The molecular weight excluding hydrogens is 1000 g/mol. The molecule has 0 unspecified atom stereocenters. The first-order chi connectivity index (χ1) is 31.2. The van der Waals surface area contributed by atoms with Crippen molar-refractivity contribution in [2.45, 2.75) is 73.0 Å². The Hall–Kier alpha value is -6.24. The molecule has 0 bridgehead atoms. The first kappa shape index (κ1) is 46.3. The number of benzene rings is 6. The third kappa shape index (κ3) is 9.39. The van der Waals surface area contributed by atoms with E-state index in [0.717, 1.165) is 90.1 Å². The van der Waals surface area contributed by atoms with Gasteiger partial charge in [-0.1, -0.05) is 151 Å². The summed E-state index contributed by atoms with van der Waals surface area (Å²) in [4.78, 5) is 15.1. The molecule has 333 valence electrons. The van der Waals surface area contributed by atoms with Gasteiger partial charge in [0.15, 0.2) is 0 Å². The molecule has 0 aliphatic carbocycles. The van der Waals surface area contributed by atoms with E-state index in [0.29, 0.717) is 11.6 Å². The van der Waals surface area contributed by atoms with Crippen molar-refractivity contribution < 1.29 is 24.5 Å². The summed E-state index contributed by atoms with van der Waals surface area (Å²) in [5.74, 6) is 1.40. The molecule has 5 nitrogen and oxygen atoms in total. The molecule has 0 saturated heterocycles. The van der Waals surface area contributed by atoms with Crippen LogP contribution in [0.1, 0.15) is 51.3 Å². The maximum atomic E-state index is 6.18. The van der Waals surface area contributed by atoms with Gasteiger partial charge in [-0.25, -0.2) is 0 Å². The Morgan fingerprint density at radius 1 is 0.712 bits per heavy atom. The SMILES string of the molecule is CC(C)Cc1cc(-c2[c-]cccc2)ncc1[Si](C)(C)C.Cc1cccc2oc3c[c-]c(-c4nc5ccccc5n4-c4c(-c5ccccc5)cc(C(C)(C)C)cc4-c4ccccc4)nc3c12.[Ir]. The molecule has 0 atom stereocenters. The zero-order valence-electron chi connectivity index (χ0n) is 39.3. The predicted octanol–water partition coefficient (Wildman–Crippen LogP) is 15.0. The fraction of sp³-hybridized carbons (Fsp3) is 0.203. The van der Waals surface area contributed by atoms with Crippen molar-refractivity contribution in [3.63, 3.8) is 0 Å². The molecule has 0 saturated carbocycles. The first-order valence-electron chi connectivity index (χ1n) is 22.7.